The van der Waals surface area contributed by atoms with Gasteiger partial charge >= 0.3 is 0 Å². The van der Waals surface area contributed by atoms with Crippen molar-refractivity contribution in [2.45, 2.75) is 57.2 Å². The van der Waals surface area contributed by atoms with E-state index in [0.717, 1.165) is 41.3 Å². The predicted octanol–water partition coefficient (Wildman–Crippen LogP) is 7.00. The van der Waals surface area contributed by atoms with Gasteiger partial charge in [0.2, 0.25) is 11.8 Å². The first kappa shape index (κ1) is 26.7. The Balaban J connectivity index is 1.69. The van der Waals surface area contributed by atoms with Gasteiger partial charge in [0.15, 0.2) is 0 Å². The molecule has 7 heteroatoms. The molecule has 0 heterocycles. The molecule has 0 bridgehead atoms. The number of hydrogen-bond acceptors (Lipinski definition) is 2. The van der Waals surface area contributed by atoms with Gasteiger partial charge in [0.1, 0.15) is 6.04 Å². The van der Waals surface area contributed by atoms with Crippen LogP contribution in [-0.4, -0.2) is 28.8 Å². The number of halogens is 3. The fourth-order valence-electron chi connectivity index (χ4n) is 4.71. The number of hydrogen-bond donors (Lipinski definition) is 1. The smallest absolute Gasteiger partial charge is 0.243 e. The first-order valence-corrected chi connectivity index (χ1v) is 13.8. The maximum absolute atomic E-state index is 13.9. The number of carbonyl (C=O) groups is 2. The molecule has 1 fully saturated rings. The van der Waals surface area contributed by atoms with E-state index in [2.05, 4.69) is 21.2 Å². The molecule has 3 aromatic carbocycles. The largest absolute Gasteiger partial charge is 0.352 e. The van der Waals surface area contributed by atoms with Crippen molar-refractivity contribution in [2.75, 3.05) is 0 Å². The van der Waals surface area contributed by atoms with Crippen LogP contribution < -0.4 is 5.32 Å². The fourth-order valence-corrected chi connectivity index (χ4v) is 5.69. The van der Waals surface area contributed by atoms with Gasteiger partial charge in [-0.05, 0) is 53.8 Å². The van der Waals surface area contributed by atoms with Crippen LogP contribution in [0.5, 0.6) is 0 Å². The fraction of sp³-hybridized carbons (Fsp3) is 0.310. The second-order valence-electron chi connectivity index (χ2n) is 9.22. The van der Waals surface area contributed by atoms with E-state index < -0.39 is 6.04 Å². The lowest BCUT2D eigenvalue weighted by Gasteiger charge is -2.32. The van der Waals surface area contributed by atoms with Gasteiger partial charge < -0.3 is 10.2 Å². The van der Waals surface area contributed by atoms with Gasteiger partial charge in [-0.1, -0.05) is 101 Å². The van der Waals surface area contributed by atoms with E-state index in [1.807, 2.05) is 54.6 Å². The number of benzene rings is 3. The number of amides is 2. The van der Waals surface area contributed by atoms with Crippen LogP contribution in [-0.2, 0) is 29.0 Å². The molecule has 0 aliphatic heterocycles. The molecule has 0 aromatic heterocycles. The Bertz CT molecular complexity index is 1180. The monoisotopic (exact) mass is 586 g/mol. The molecule has 36 heavy (non-hydrogen) atoms. The lowest BCUT2D eigenvalue weighted by atomic mass is 10.0. The normalized spacial score (nSPS) is 14.4. The van der Waals surface area contributed by atoms with E-state index in [0.29, 0.717) is 22.0 Å². The SMILES string of the molecule is O=C(NC1CCCC1)[C@@H](Cc1ccccc1)N(Cc1cccc(Br)c1)C(=O)Cc1c(Cl)cccc1Cl. The summed E-state index contributed by atoms with van der Waals surface area (Å²) in [5.41, 5.74) is 2.49. The van der Waals surface area contributed by atoms with Gasteiger partial charge in [0, 0.05) is 33.5 Å². The van der Waals surface area contributed by atoms with Crippen LogP contribution in [0.2, 0.25) is 10.0 Å². The molecule has 1 saturated carbocycles. The van der Waals surface area contributed by atoms with E-state index in [1.165, 1.54) is 0 Å². The summed E-state index contributed by atoms with van der Waals surface area (Å²) in [5, 5.41) is 4.10. The third-order valence-corrected chi connectivity index (χ3v) is 7.81. The number of nitrogens with zero attached hydrogens (tertiary/aromatic N) is 1. The van der Waals surface area contributed by atoms with Crippen molar-refractivity contribution < 1.29 is 9.59 Å². The molecule has 3 aromatic rings. The van der Waals surface area contributed by atoms with Crippen LogP contribution in [0.25, 0.3) is 0 Å². The summed E-state index contributed by atoms with van der Waals surface area (Å²) in [7, 11) is 0. The molecular weight excluding hydrogens is 559 g/mol. The van der Waals surface area contributed by atoms with Gasteiger partial charge in [-0.25, -0.2) is 0 Å². The van der Waals surface area contributed by atoms with Crippen LogP contribution in [0.4, 0.5) is 0 Å². The summed E-state index contributed by atoms with van der Waals surface area (Å²) in [4.78, 5) is 29.3. The van der Waals surface area contributed by atoms with Crippen molar-refractivity contribution in [3.05, 3.63) is 104 Å². The lowest BCUT2D eigenvalue weighted by molar-refractivity contribution is -0.141. The van der Waals surface area contributed by atoms with Crippen LogP contribution >= 0.6 is 39.1 Å². The second kappa shape index (κ2) is 12.8. The Kier molecular flexibility index (Phi) is 9.47. The quantitative estimate of drug-likeness (QED) is 0.293. The molecule has 1 N–H and O–H groups in total. The van der Waals surface area contributed by atoms with Gasteiger partial charge in [-0.3, -0.25) is 9.59 Å². The minimum atomic E-state index is -0.680. The molecule has 0 spiro atoms. The molecule has 188 valence electrons. The molecule has 1 aliphatic carbocycles. The van der Waals surface area contributed by atoms with Gasteiger partial charge in [-0.15, -0.1) is 0 Å². The van der Waals surface area contributed by atoms with Crippen LogP contribution in [0, 0.1) is 0 Å². The van der Waals surface area contributed by atoms with Gasteiger partial charge in [0.25, 0.3) is 0 Å². The molecule has 0 unspecified atom stereocenters. The molecule has 4 rings (SSSR count). The first-order valence-electron chi connectivity index (χ1n) is 12.2. The van der Waals surface area contributed by atoms with Crippen molar-refractivity contribution in [3.8, 4) is 0 Å². The van der Waals surface area contributed by atoms with Crippen LogP contribution in [0.15, 0.2) is 77.3 Å². The summed E-state index contributed by atoms with van der Waals surface area (Å²) in [6.45, 7) is 0.288. The molecule has 1 aliphatic rings. The minimum Gasteiger partial charge on any atom is -0.352 e. The van der Waals surface area contributed by atoms with Gasteiger partial charge in [0.05, 0.1) is 6.42 Å². The third kappa shape index (κ3) is 7.12. The predicted molar refractivity (Wildman–Crippen MR) is 149 cm³/mol. The average molecular weight is 588 g/mol. The number of rotatable bonds is 9. The van der Waals surface area contributed by atoms with Crippen molar-refractivity contribution in [1.82, 2.24) is 10.2 Å². The maximum atomic E-state index is 13.9. The van der Waals surface area contributed by atoms with E-state index in [4.69, 9.17) is 23.2 Å². The summed E-state index contributed by atoms with van der Waals surface area (Å²) < 4.78 is 0.913. The van der Waals surface area contributed by atoms with Crippen LogP contribution in [0.1, 0.15) is 42.4 Å². The average Bonchev–Trinajstić information content (AvgIpc) is 3.37. The Morgan fingerprint density at radius 3 is 2.22 bits per heavy atom. The molecule has 0 saturated heterocycles. The zero-order chi connectivity index (χ0) is 25.5. The van der Waals surface area contributed by atoms with E-state index in [1.54, 1.807) is 23.1 Å². The van der Waals surface area contributed by atoms with Crippen LogP contribution in [0.3, 0.4) is 0 Å². The molecule has 0 radical (unpaired) electrons. The van der Waals surface area contributed by atoms with Crippen molar-refractivity contribution in [2.24, 2.45) is 0 Å². The number of carbonyl (C=O) groups excluding carboxylic acids is 2. The minimum absolute atomic E-state index is 0.00844. The standard InChI is InChI=1S/C29H29BrCl2N2O2/c30-22-11-6-10-21(16-22)19-34(28(35)18-24-25(31)14-7-15-26(24)32)27(17-20-8-2-1-3-9-20)29(36)33-23-12-4-5-13-23/h1-3,6-11,14-16,23,27H,4-5,12-13,17-19H2,(H,33,36)/t27-/m1/s1. The number of nitrogens with one attached hydrogen (secondary N) is 1. The van der Waals surface area contributed by atoms with Crippen molar-refractivity contribution in [3.63, 3.8) is 0 Å². The van der Waals surface area contributed by atoms with Crippen molar-refractivity contribution in [1.29, 1.82) is 0 Å². The Hall–Kier alpha value is -2.34. The zero-order valence-corrected chi connectivity index (χ0v) is 23.0. The summed E-state index contributed by atoms with van der Waals surface area (Å²) in [6, 6.07) is 22.3. The van der Waals surface area contributed by atoms with E-state index in [-0.39, 0.29) is 30.8 Å². The lowest BCUT2D eigenvalue weighted by Crippen LogP contribution is -2.52. The highest BCUT2D eigenvalue weighted by atomic mass is 79.9. The van der Waals surface area contributed by atoms with Crippen molar-refractivity contribution >= 4 is 50.9 Å². The highest BCUT2D eigenvalue weighted by Crippen LogP contribution is 2.27. The summed E-state index contributed by atoms with van der Waals surface area (Å²) in [6.07, 6.45) is 4.58. The molecule has 2 amide bonds. The zero-order valence-electron chi connectivity index (χ0n) is 19.9. The summed E-state index contributed by atoms with van der Waals surface area (Å²) >= 11 is 16.3. The van der Waals surface area contributed by atoms with E-state index in [9.17, 15) is 9.59 Å². The highest BCUT2D eigenvalue weighted by Gasteiger charge is 2.32. The first-order chi connectivity index (χ1) is 17.4. The Morgan fingerprint density at radius 1 is 0.917 bits per heavy atom. The summed E-state index contributed by atoms with van der Waals surface area (Å²) in [5.74, 6) is -0.327. The second-order valence-corrected chi connectivity index (χ2v) is 11.0. The topological polar surface area (TPSA) is 49.4 Å². The van der Waals surface area contributed by atoms with Gasteiger partial charge in [-0.2, -0.15) is 0 Å². The van der Waals surface area contributed by atoms with E-state index >= 15 is 0 Å². The Labute approximate surface area is 231 Å². The molecule has 4 nitrogen and oxygen atoms in total. The maximum Gasteiger partial charge on any atom is 0.243 e. The Morgan fingerprint density at radius 2 is 1.56 bits per heavy atom. The highest BCUT2D eigenvalue weighted by molar-refractivity contribution is 9.10. The molecular formula is C29H29BrCl2N2O2. The third-order valence-electron chi connectivity index (χ3n) is 6.60. The molecule has 1 atom stereocenters.